The highest BCUT2D eigenvalue weighted by Gasteiger charge is 2.00. The number of rotatable bonds is 6. The third kappa shape index (κ3) is 5.17. The van der Waals surface area contributed by atoms with E-state index in [1.807, 2.05) is 0 Å². The van der Waals surface area contributed by atoms with E-state index >= 15 is 0 Å². The molecule has 1 heterocycles. The quantitative estimate of drug-likeness (QED) is 0.601. The molecule has 0 fully saturated rings. The Morgan fingerprint density at radius 3 is 2.53 bits per heavy atom. The van der Waals surface area contributed by atoms with Crippen LogP contribution in [0.5, 0.6) is 0 Å². The summed E-state index contributed by atoms with van der Waals surface area (Å²) in [5.41, 5.74) is 1.16. The van der Waals surface area contributed by atoms with Gasteiger partial charge in [-0.15, -0.1) is 11.3 Å². The van der Waals surface area contributed by atoms with Crippen molar-refractivity contribution in [3.63, 3.8) is 0 Å². The SMILES string of the molecule is CCNC(=NCCc1csc(CC)n1)NCC. The summed E-state index contributed by atoms with van der Waals surface area (Å²) in [4.78, 5) is 9.02. The van der Waals surface area contributed by atoms with Gasteiger partial charge in [-0.25, -0.2) is 4.98 Å². The van der Waals surface area contributed by atoms with Crippen molar-refractivity contribution < 1.29 is 0 Å². The minimum atomic E-state index is 0.780. The predicted molar refractivity (Wildman–Crippen MR) is 74.9 cm³/mol. The largest absolute Gasteiger partial charge is 0.357 e. The minimum absolute atomic E-state index is 0.780. The van der Waals surface area contributed by atoms with Crippen LogP contribution in [0.2, 0.25) is 0 Å². The molecule has 17 heavy (non-hydrogen) atoms. The Balaban J connectivity index is 2.40. The lowest BCUT2D eigenvalue weighted by atomic mass is 10.3. The molecule has 0 unspecified atom stereocenters. The molecule has 0 aliphatic carbocycles. The van der Waals surface area contributed by atoms with E-state index in [4.69, 9.17) is 0 Å². The van der Waals surface area contributed by atoms with Crippen LogP contribution in [0.25, 0.3) is 0 Å². The fourth-order valence-electron chi connectivity index (χ4n) is 1.42. The molecule has 0 radical (unpaired) electrons. The Kier molecular flexibility index (Phi) is 6.62. The summed E-state index contributed by atoms with van der Waals surface area (Å²) in [7, 11) is 0. The second kappa shape index (κ2) is 8.06. The van der Waals surface area contributed by atoms with Crippen molar-refractivity contribution in [1.82, 2.24) is 15.6 Å². The lowest BCUT2D eigenvalue weighted by Gasteiger charge is -2.08. The molecular formula is C12H22N4S. The molecule has 0 aliphatic heterocycles. The van der Waals surface area contributed by atoms with Gasteiger partial charge in [0.05, 0.1) is 10.7 Å². The first kappa shape index (κ1) is 14.0. The molecule has 0 saturated carbocycles. The van der Waals surface area contributed by atoms with Crippen LogP contribution in [0.15, 0.2) is 10.4 Å². The third-order valence-corrected chi connectivity index (χ3v) is 3.27. The van der Waals surface area contributed by atoms with E-state index in [0.717, 1.165) is 44.1 Å². The highest BCUT2D eigenvalue weighted by Crippen LogP contribution is 2.10. The van der Waals surface area contributed by atoms with E-state index in [1.54, 1.807) is 11.3 Å². The third-order valence-electron chi connectivity index (χ3n) is 2.23. The van der Waals surface area contributed by atoms with Crippen LogP contribution in [0, 0.1) is 0 Å². The van der Waals surface area contributed by atoms with E-state index in [0.29, 0.717) is 0 Å². The fraction of sp³-hybridized carbons (Fsp3) is 0.667. The molecule has 0 atom stereocenters. The Morgan fingerprint density at radius 2 is 2.00 bits per heavy atom. The first-order valence-corrected chi connectivity index (χ1v) is 7.13. The molecule has 5 heteroatoms. The minimum Gasteiger partial charge on any atom is -0.357 e. The van der Waals surface area contributed by atoms with E-state index in [2.05, 4.69) is 46.8 Å². The second-order valence-electron chi connectivity index (χ2n) is 3.63. The Labute approximate surface area is 108 Å². The van der Waals surface area contributed by atoms with Crippen LogP contribution in [0.3, 0.4) is 0 Å². The molecule has 1 rings (SSSR count). The molecule has 0 spiro atoms. The summed E-state index contributed by atoms with van der Waals surface area (Å²) in [5, 5.41) is 9.76. The molecule has 96 valence electrons. The van der Waals surface area contributed by atoms with Gasteiger partial charge in [0.1, 0.15) is 0 Å². The average molecular weight is 254 g/mol. The highest BCUT2D eigenvalue weighted by atomic mass is 32.1. The van der Waals surface area contributed by atoms with E-state index < -0.39 is 0 Å². The number of thiazole rings is 1. The molecule has 1 aromatic rings. The standard InChI is InChI=1S/C12H22N4S/c1-4-11-16-10(9-17-11)7-8-15-12(13-5-2)14-6-3/h9H,4-8H2,1-3H3,(H2,13,14,15). The van der Waals surface area contributed by atoms with Gasteiger partial charge >= 0.3 is 0 Å². The summed E-state index contributed by atoms with van der Waals surface area (Å²) >= 11 is 1.74. The first-order chi connectivity index (χ1) is 8.30. The van der Waals surface area contributed by atoms with Crippen molar-refractivity contribution in [2.45, 2.75) is 33.6 Å². The Morgan fingerprint density at radius 1 is 1.29 bits per heavy atom. The number of aryl methyl sites for hydroxylation is 1. The van der Waals surface area contributed by atoms with Crippen molar-refractivity contribution in [3.05, 3.63) is 16.1 Å². The van der Waals surface area contributed by atoms with Crippen LogP contribution >= 0.6 is 11.3 Å². The van der Waals surface area contributed by atoms with Gasteiger partial charge in [-0.3, -0.25) is 4.99 Å². The zero-order valence-corrected chi connectivity index (χ0v) is 11.7. The smallest absolute Gasteiger partial charge is 0.191 e. The molecule has 0 aromatic carbocycles. The summed E-state index contributed by atoms with van der Waals surface area (Å²) in [5.74, 6) is 0.890. The Bertz CT molecular complexity index is 338. The van der Waals surface area contributed by atoms with Gasteiger partial charge in [-0.05, 0) is 20.3 Å². The second-order valence-corrected chi connectivity index (χ2v) is 4.57. The maximum Gasteiger partial charge on any atom is 0.191 e. The van der Waals surface area contributed by atoms with E-state index in [1.165, 1.54) is 5.01 Å². The van der Waals surface area contributed by atoms with Crippen molar-refractivity contribution >= 4 is 17.3 Å². The molecule has 2 N–H and O–H groups in total. The average Bonchev–Trinajstić information content (AvgIpc) is 2.77. The normalized spacial score (nSPS) is 10.1. The number of aliphatic imine (C=N–C) groups is 1. The van der Waals surface area contributed by atoms with Crippen LogP contribution in [-0.4, -0.2) is 30.6 Å². The zero-order chi connectivity index (χ0) is 12.5. The van der Waals surface area contributed by atoms with Crippen molar-refractivity contribution in [2.75, 3.05) is 19.6 Å². The molecule has 0 aliphatic rings. The predicted octanol–water partition coefficient (Wildman–Crippen LogP) is 1.82. The topological polar surface area (TPSA) is 49.3 Å². The van der Waals surface area contributed by atoms with Crippen LogP contribution < -0.4 is 10.6 Å². The molecule has 0 bridgehead atoms. The van der Waals surface area contributed by atoms with Gasteiger partial charge < -0.3 is 10.6 Å². The fourth-order valence-corrected chi connectivity index (χ4v) is 2.20. The maximum atomic E-state index is 4.53. The Hall–Kier alpha value is -1.10. The molecule has 0 amide bonds. The number of hydrogen-bond acceptors (Lipinski definition) is 3. The van der Waals surface area contributed by atoms with Gasteiger partial charge in [0.15, 0.2) is 5.96 Å². The van der Waals surface area contributed by atoms with Crippen molar-refractivity contribution in [3.8, 4) is 0 Å². The first-order valence-electron chi connectivity index (χ1n) is 6.25. The number of guanidine groups is 1. The molecular weight excluding hydrogens is 232 g/mol. The van der Waals surface area contributed by atoms with Gasteiger partial charge in [0.25, 0.3) is 0 Å². The lowest BCUT2D eigenvalue weighted by Crippen LogP contribution is -2.37. The molecule has 4 nitrogen and oxygen atoms in total. The molecule has 1 aromatic heterocycles. The monoisotopic (exact) mass is 254 g/mol. The number of aromatic nitrogens is 1. The number of nitrogens with zero attached hydrogens (tertiary/aromatic N) is 2. The summed E-state index contributed by atoms with van der Waals surface area (Å²) in [6, 6.07) is 0. The van der Waals surface area contributed by atoms with Crippen molar-refractivity contribution in [1.29, 1.82) is 0 Å². The van der Waals surface area contributed by atoms with E-state index in [9.17, 15) is 0 Å². The zero-order valence-electron chi connectivity index (χ0n) is 10.9. The summed E-state index contributed by atoms with van der Waals surface area (Å²) in [6.45, 7) is 8.84. The van der Waals surface area contributed by atoms with Crippen molar-refractivity contribution in [2.24, 2.45) is 4.99 Å². The summed E-state index contributed by atoms with van der Waals surface area (Å²) < 4.78 is 0. The maximum absolute atomic E-state index is 4.53. The van der Waals surface area contributed by atoms with Gasteiger partial charge in [0.2, 0.25) is 0 Å². The number of hydrogen-bond donors (Lipinski definition) is 2. The van der Waals surface area contributed by atoms with Gasteiger partial charge in [-0.1, -0.05) is 6.92 Å². The van der Waals surface area contributed by atoms with E-state index in [-0.39, 0.29) is 0 Å². The molecule has 0 saturated heterocycles. The van der Waals surface area contributed by atoms with Crippen LogP contribution in [0.1, 0.15) is 31.5 Å². The van der Waals surface area contributed by atoms with Gasteiger partial charge in [-0.2, -0.15) is 0 Å². The van der Waals surface area contributed by atoms with Gasteiger partial charge in [0, 0.05) is 31.4 Å². The van der Waals surface area contributed by atoms with Crippen LogP contribution in [-0.2, 0) is 12.8 Å². The summed E-state index contributed by atoms with van der Waals surface area (Å²) in [6.07, 6.45) is 1.94. The lowest BCUT2D eigenvalue weighted by molar-refractivity contribution is 0.828. The number of nitrogens with one attached hydrogen (secondary N) is 2. The van der Waals surface area contributed by atoms with Crippen LogP contribution in [0.4, 0.5) is 0 Å². The highest BCUT2D eigenvalue weighted by molar-refractivity contribution is 7.09.